The number of hydrogen-bond acceptors (Lipinski definition) is 3. The largest absolute Gasteiger partial charge is 0.378 e. The number of nitrogens with one attached hydrogen (secondary N) is 1. The molecule has 1 N–H and O–H groups in total. The van der Waals surface area contributed by atoms with Gasteiger partial charge in [0.25, 0.3) is 0 Å². The van der Waals surface area contributed by atoms with Crippen molar-refractivity contribution in [1.29, 1.82) is 0 Å². The molecule has 20 heavy (non-hydrogen) atoms. The van der Waals surface area contributed by atoms with E-state index in [1.807, 2.05) is 0 Å². The van der Waals surface area contributed by atoms with E-state index < -0.39 is 11.6 Å². The van der Waals surface area contributed by atoms with Gasteiger partial charge in [-0.15, -0.1) is 0 Å². The molecule has 1 unspecified atom stereocenters. The molecule has 1 saturated heterocycles. The number of aryl methyl sites for hydroxylation is 1. The fourth-order valence-electron chi connectivity index (χ4n) is 2.37. The monoisotopic (exact) mass is 284 g/mol. The third kappa shape index (κ3) is 3.46. The summed E-state index contributed by atoms with van der Waals surface area (Å²) in [5.74, 6) is -1.09. The standard InChI is InChI=1S/C15H22F2N2O/c1-10(2)19-6-7-20-12(9-19)8-18-15-13(16)5-4-11(3)14(15)17/h4-5,10,12,18H,6-9H2,1-3H3. The second-order valence-electron chi connectivity index (χ2n) is 5.52. The smallest absolute Gasteiger partial charge is 0.152 e. The molecular formula is C15H22F2N2O. The minimum Gasteiger partial charge on any atom is -0.378 e. The molecule has 0 aliphatic carbocycles. The third-order valence-corrected chi connectivity index (χ3v) is 3.69. The molecule has 0 spiro atoms. The highest BCUT2D eigenvalue weighted by molar-refractivity contribution is 5.49. The van der Waals surface area contributed by atoms with Crippen molar-refractivity contribution in [2.24, 2.45) is 0 Å². The molecule has 1 aliphatic heterocycles. The average Bonchev–Trinajstić information content (AvgIpc) is 2.43. The van der Waals surface area contributed by atoms with E-state index in [2.05, 4.69) is 24.1 Å². The predicted molar refractivity (Wildman–Crippen MR) is 76.0 cm³/mol. The maximum atomic E-state index is 13.9. The Balaban J connectivity index is 1.97. The summed E-state index contributed by atoms with van der Waals surface area (Å²) in [6.07, 6.45) is -0.0505. The first-order valence-corrected chi connectivity index (χ1v) is 7.03. The van der Waals surface area contributed by atoms with Gasteiger partial charge in [-0.1, -0.05) is 6.07 Å². The summed E-state index contributed by atoms with van der Waals surface area (Å²) >= 11 is 0. The maximum absolute atomic E-state index is 13.9. The van der Waals surface area contributed by atoms with Crippen LogP contribution in [0, 0.1) is 18.6 Å². The first-order chi connectivity index (χ1) is 9.49. The molecule has 3 nitrogen and oxygen atoms in total. The average molecular weight is 284 g/mol. The Morgan fingerprint density at radius 2 is 2.15 bits per heavy atom. The van der Waals surface area contributed by atoms with Crippen LogP contribution < -0.4 is 5.32 Å². The van der Waals surface area contributed by atoms with Crippen LogP contribution >= 0.6 is 0 Å². The van der Waals surface area contributed by atoms with Gasteiger partial charge in [0, 0.05) is 25.7 Å². The van der Waals surface area contributed by atoms with Crippen molar-refractivity contribution in [3.8, 4) is 0 Å². The Labute approximate surface area is 118 Å². The third-order valence-electron chi connectivity index (χ3n) is 3.69. The molecule has 5 heteroatoms. The lowest BCUT2D eigenvalue weighted by atomic mass is 10.2. The van der Waals surface area contributed by atoms with Crippen LogP contribution in [0.5, 0.6) is 0 Å². The molecule has 1 fully saturated rings. The van der Waals surface area contributed by atoms with Crippen LogP contribution in [0.3, 0.4) is 0 Å². The van der Waals surface area contributed by atoms with Gasteiger partial charge in [0.1, 0.15) is 11.5 Å². The Morgan fingerprint density at radius 1 is 1.40 bits per heavy atom. The summed E-state index contributed by atoms with van der Waals surface area (Å²) in [6.45, 7) is 8.63. The number of ether oxygens (including phenoxy) is 1. The quantitative estimate of drug-likeness (QED) is 0.920. The fraction of sp³-hybridized carbons (Fsp3) is 0.600. The molecule has 2 rings (SSSR count). The number of benzene rings is 1. The Hall–Kier alpha value is -1.20. The predicted octanol–water partition coefficient (Wildman–Crippen LogP) is 2.79. The lowest BCUT2D eigenvalue weighted by Crippen LogP contribution is -2.48. The lowest BCUT2D eigenvalue weighted by molar-refractivity contribution is -0.0316. The van der Waals surface area contributed by atoms with Crippen LogP contribution in [0.2, 0.25) is 0 Å². The Kier molecular flexibility index (Phi) is 4.94. The first-order valence-electron chi connectivity index (χ1n) is 7.03. The van der Waals surface area contributed by atoms with E-state index in [9.17, 15) is 8.78 Å². The molecule has 1 atom stereocenters. The van der Waals surface area contributed by atoms with Gasteiger partial charge in [-0.05, 0) is 32.4 Å². The van der Waals surface area contributed by atoms with E-state index in [4.69, 9.17) is 4.74 Å². The van der Waals surface area contributed by atoms with Crippen LogP contribution in [0.25, 0.3) is 0 Å². The van der Waals surface area contributed by atoms with Gasteiger partial charge in [-0.2, -0.15) is 0 Å². The second kappa shape index (κ2) is 6.50. The van der Waals surface area contributed by atoms with Crippen molar-refractivity contribution in [2.45, 2.75) is 32.9 Å². The van der Waals surface area contributed by atoms with E-state index in [1.54, 1.807) is 6.92 Å². The topological polar surface area (TPSA) is 24.5 Å². The van der Waals surface area contributed by atoms with E-state index in [0.29, 0.717) is 24.8 Å². The minimum absolute atomic E-state index is 0.0505. The lowest BCUT2D eigenvalue weighted by Gasteiger charge is -2.35. The van der Waals surface area contributed by atoms with Gasteiger partial charge in [0.05, 0.1) is 12.7 Å². The normalized spacial score (nSPS) is 20.4. The van der Waals surface area contributed by atoms with Crippen molar-refractivity contribution in [1.82, 2.24) is 4.90 Å². The number of morpholine rings is 1. The molecule has 0 aromatic heterocycles. The van der Waals surface area contributed by atoms with Gasteiger partial charge in [-0.25, -0.2) is 8.78 Å². The number of halogens is 2. The van der Waals surface area contributed by atoms with Gasteiger partial charge in [0.2, 0.25) is 0 Å². The summed E-state index contributed by atoms with van der Waals surface area (Å²) in [7, 11) is 0. The van der Waals surface area contributed by atoms with Crippen molar-refractivity contribution in [2.75, 3.05) is 31.6 Å². The Morgan fingerprint density at radius 3 is 2.85 bits per heavy atom. The zero-order valence-electron chi connectivity index (χ0n) is 12.2. The summed E-state index contributed by atoms with van der Waals surface area (Å²) in [5.41, 5.74) is 0.373. The van der Waals surface area contributed by atoms with E-state index in [-0.39, 0.29) is 11.8 Å². The summed E-state index contributed by atoms with van der Waals surface area (Å²) in [6, 6.07) is 3.17. The molecule has 0 amide bonds. The number of nitrogens with zero attached hydrogens (tertiary/aromatic N) is 1. The van der Waals surface area contributed by atoms with Crippen molar-refractivity contribution in [3.63, 3.8) is 0 Å². The molecular weight excluding hydrogens is 262 g/mol. The zero-order chi connectivity index (χ0) is 14.7. The molecule has 0 radical (unpaired) electrons. The second-order valence-corrected chi connectivity index (χ2v) is 5.52. The van der Waals surface area contributed by atoms with Gasteiger partial charge in [-0.3, -0.25) is 4.90 Å². The van der Waals surface area contributed by atoms with Gasteiger partial charge in [0.15, 0.2) is 5.82 Å². The van der Waals surface area contributed by atoms with E-state index in [0.717, 1.165) is 13.1 Å². The summed E-state index contributed by atoms with van der Waals surface area (Å²) in [4.78, 5) is 2.30. The zero-order valence-corrected chi connectivity index (χ0v) is 12.2. The highest BCUT2D eigenvalue weighted by Crippen LogP contribution is 2.22. The van der Waals surface area contributed by atoms with Gasteiger partial charge >= 0.3 is 0 Å². The number of hydrogen-bond donors (Lipinski definition) is 1. The van der Waals surface area contributed by atoms with Crippen molar-refractivity contribution < 1.29 is 13.5 Å². The van der Waals surface area contributed by atoms with Crippen LogP contribution in [-0.2, 0) is 4.74 Å². The van der Waals surface area contributed by atoms with Gasteiger partial charge < -0.3 is 10.1 Å². The fourth-order valence-corrected chi connectivity index (χ4v) is 2.37. The number of rotatable bonds is 4. The molecule has 1 aromatic carbocycles. The van der Waals surface area contributed by atoms with Crippen LogP contribution in [0.15, 0.2) is 12.1 Å². The Bertz CT molecular complexity index is 465. The van der Waals surface area contributed by atoms with E-state index in [1.165, 1.54) is 12.1 Å². The molecule has 1 heterocycles. The molecule has 0 bridgehead atoms. The van der Waals surface area contributed by atoms with Crippen molar-refractivity contribution >= 4 is 5.69 Å². The maximum Gasteiger partial charge on any atom is 0.152 e. The molecule has 0 saturated carbocycles. The minimum atomic E-state index is -0.565. The molecule has 112 valence electrons. The summed E-state index contributed by atoms with van der Waals surface area (Å²) < 4.78 is 33.1. The van der Waals surface area contributed by atoms with Crippen LogP contribution in [0.1, 0.15) is 19.4 Å². The van der Waals surface area contributed by atoms with E-state index >= 15 is 0 Å². The highest BCUT2D eigenvalue weighted by Gasteiger charge is 2.22. The molecule has 1 aliphatic rings. The number of anilines is 1. The first kappa shape index (κ1) is 15.2. The highest BCUT2D eigenvalue weighted by atomic mass is 19.1. The van der Waals surface area contributed by atoms with Crippen molar-refractivity contribution in [3.05, 3.63) is 29.3 Å². The van der Waals surface area contributed by atoms with Crippen LogP contribution in [0.4, 0.5) is 14.5 Å². The van der Waals surface area contributed by atoms with Crippen LogP contribution in [-0.4, -0.2) is 43.3 Å². The molecule has 1 aromatic rings. The summed E-state index contributed by atoms with van der Waals surface area (Å²) in [5, 5.41) is 2.85. The SMILES string of the molecule is Cc1ccc(F)c(NCC2CN(C(C)C)CCO2)c1F.